The molecule has 9 nitrogen and oxygen atoms in total. The number of halogens is 3. The second-order valence-corrected chi connectivity index (χ2v) is 11.2. The Labute approximate surface area is 238 Å². The molecule has 42 heavy (non-hydrogen) atoms. The van der Waals surface area contributed by atoms with Gasteiger partial charge in [-0.15, -0.1) is 0 Å². The third-order valence-corrected chi connectivity index (χ3v) is 9.01. The van der Waals surface area contributed by atoms with Crippen molar-refractivity contribution in [3.05, 3.63) is 71.7 Å². The van der Waals surface area contributed by atoms with Crippen molar-refractivity contribution in [1.29, 1.82) is 0 Å². The van der Waals surface area contributed by atoms with Gasteiger partial charge in [-0.1, -0.05) is 18.2 Å². The van der Waals surface area contributed by atoms with Crippen LogP contribution in [0.15, 0.2) is 48.9 Å². The van der Waals surface area contributed by atoms with Crippen molar-refractivity contribution >= 4 is 17.6 Å². The van der Waals surface area contributed by atoms with Gasteiger partial charge in [-0.05, 0) is 37.2 Å². The number of pyridine rings is 1. The number of benzene rings is 1. The largest absolute Gasteiger partial charge is 0.481 e. The zero-order valence-corrected chi connectivity index (χ0v) is 22.7. The van der Waals surface area contributed by atoms with Crippen LogP contribution in [0, 0.1) is 23.6 Å². The molecule has 4 aromatic rings. The number of hydrogen-bond donors (Lipinski definition) is 1. The third kappa shape index (κ3) is 4.36. The highest BCUT2D eigenvalue weighted by Crippen LogP contribution is 2.48. The van der Waals surface area contributed by atoms with Crippen LogP contribution >= 0.6 is 0 Å². The zero-order valence-electron chi connectivity index (χ0n) is 22.7. The smallest absolute Gasteiger partial charge is 0.387 e. The summed E-state index contributed by atoms with van der Waals surface area (Å²) in [6, 6.07) is 7.98. The Morgan fingerprint density at radius 1 is 1.12 bits per heavy atom. The van der Waals surface area contributed by atoms with E-state index in [0.29, 0.717) is 47.9 Å². The molecule has 4 unspecified atom stereocenters. The van der Waals surface area contributed by atoms with Crippen molar-refractivity contribution in [3.8, 4) is 16.9 Å². The zero-order chi connectivity index (χ0) is 29.1. The number of anilines is 1. The Balaban J connectivity index is 1.24. The van der Waals surface area contributed by atoms with E-state index in [-0.39, 0.29) is 35.0 Å². The Hall–Kier alpha value is -4.19. The van der Waals surface area contributed by atoms with E-state index in [1.807, 2.05) is 4.90 Å². The van der Waals surface area contributed by atoms with Crippen LogP contribution < -0.4 is 9.64 Å². The fourth-order valence-corrected chi connectivity index (χ4v) is 7.20. The molecular formula is C30H28F3N5O4. The van der Waals surface area contributed by atoms with Crippen LogP contribution in [0.5, 0.6) is 5.75 Å². The summed E-state index contributed by atoms with van der Waals surface area (Å²) in [6.07, 6.45) is 6.58. The van der Waals surface area contributed by atoms with Crippen molar-refractivity contribution in [1.82, 2.24) is 19.4 Å². The van der Waals surface area contributed by atoms with Crippen LogP contribution in [-0.4, -0.2) is 57.2 Å². The molecule has 1 saturated carbocycles. The van der Waals surface area contributed by atoms with E-state index in [1.165, 1.54) is 12.1 Å². The summed E-state index contributed by atoms with van der Waals surface area (Å²) in [5.41, 5.74) is 3.00. The number of alkyl halides is 2. The first kappa shape index (κ1) is 26.7. The van der Waals surface area contributed by atoms with Crippen LogP contribution in [0.25, 0.3) is 16.8 Å². The number of para-hydroxylation sites is 1. The maximum atomic E-state index is 15.5. The van der Waals surface area contributed by atoms with E-state index in [0.717, 1.165) is 18.5 Å². The molecule has 12 heteroatoms. The second-order valence-electron chi connectivity index (χ2n) is 11.2. The molecule has 2 aliphatic carbocycles. The van der Waals surface area contributed by atoms with Crippen LogP contribution in [0.4, 0.5) is 19.1 Å². The molecule has 7 rings (SSSR count). The SMILES string of the molecule is COC1CC(c2ccccc2OC(F)F)c2c1nc1cc(F)c(-c3cnc(N4CC5CCC(C4)C5C(=O)O)nc3)cn21. The maximum Gasteiger partial charge on any atom is 0.387 e. The van der Waals surface area contributed by atoms with Gasteiger partial charge in [0.15, 0.2) is 0 Å². The van der Waals surface area contributed by atoms with Crippen LogP contribution in [0.3, 0.4) is 0 Å². The number of ether oxygens (including phenoxy) is 2. The molecule has 0 amide bonds. The van der Waals surface area contributed by atoms with Gasteiger partial charge >= 0.3 is 12.6 Å². The molecule has 4 atom stereocenters. The average Bonchev–Trinajstić information content (AvgIpc) is 3.60. The van der Waals surface area contributed by atoms with E-state index in [9.17, 15) is 18.7 Å². The Morgan fingerprint density at radius 2 is 1.83 bits per heavy atom. The van der Waals surface area contributed by atoms with Gasteiger partial charge in [0.05, 0.1) is 17.3 Å². The average molecular weight is 580 g/mol. The molecule has 218 valence electrons. The second kappa shape index (κ2) is 10.3. The maximum absolute atomic E-state index is 15.5. The lowest BCUT2D eigenvalue weighted by Gasteiger charge is -2.35. The highest BCUT2D eigenvalue weighted by atomic mass is 19.3. The van der Waals surface area contributed by atoms with Gasteiger partial charge in [-0.25, -0.2) is 19.3 Å². The lowest BCUT2D eigenvalue weighted by Crippen LogP contribution is -2.45. The summed E-state index contributed by atoms with van der Waals surface area (Å²) in [4.78, 5) is 27.4. The Kier molecular flexibility index (Phi) is 6.52. The summed E-state index contributed by atoms with van der Waals surface area (Å²) >= 11 is 0. The lowest BCUT2D eigenvalue weighted by molar-refractivity contribution is -0.144. The van der Waals surface area contributed by atoms with E-state index in [2.05, 4.69) is 15.0 Å². The molecule has 0 radical (unpaired) electrons. The van der Waals surface area contributed by atoms with Crippen molar-refractivity contribution < 1.29 is 32.5 Å². The van der Waals surface area contributed by atoms with E-state index in [4.69, 9.17) is 9.47 Å². The van der Waals surface area contributed by atoms with Crippen molar-refractivity contribution in [2.24, 2.45) is 17.8 Å². The van der Waals surface area contributed by atoms with Crippen molar-refractivity contribution in [2.75, 3.05) is 25.1 Å². The monoisotopic (exact) mass is 579 g/mol. The number of aromatic nitrogens is 4. The van der Waals surface area contributed by atoms with Crippen LogP contribution in [0.2, 0.25) is 0 Å². The summed E-state index contributed by atoms with van der Waals surface area (Å²) in [5.74, 6) is -1.26. The molecule has 2 bridgehead atoms. The number of rotatable bonds is 7. The number of carboxylic acid groups (broad SMARTS) is 1. The summed E-state index contributed by atoms with van der Waals surface area (Å²) in [7, 11) is 1.56. The number of carbonyl (C=O) groups is 1. The number of hydrogen-bond acceptors (Lipinski definition) is 7. The molecule has 1 aliphatic heterocycles. The quantitative estimate of drug-likeness (QED) is 0.315. The summed E-state index contributed by atoms with van der Waals surface area (Å²) in [6.45, 7) is -1.82. The minimum atomic E-state index is -2.98. The summed E-state index contributed by atoms with van der Waals surface area (Å²) < 4.78 is 54.1. The van der Waals surface area contributed by atoms with Gasteiger partial charge in [-0.3, -0.25) is 4.79 Å². The van der Waals surface area contributed by atoms with Crippen LogP contribution in [0.1, 0.15) is 48.2 Å². The van der Waals surface area contributed by atoms with Gasteiger partial charge < -0.3 is 23.9 Å². The number of piperidine rings is 1. The fraction of sp³-hybridized carbons (Fsp3) is 0.400. The highest BCUT2D eigenvalue weighted by Gasteiger charge is 2.46. The molecule has 3 aliphatic rings. The number of aliphatic carboxylic acids is 1. The highest BCUT2D eigenvalue weighted by molar-refractivity contribution is 5.72. The van der Waals surface area contributed by atoms with Gasteiger partial charge in [0.2, 0.25) is 5.95 Å². The first-order valence-corrected chi connectivity index (χ1v) is 13.9. The van der Waals surface area contributed by atoms with Crippen molar-refractivity contribution in [2.45, 2.75) is 37.9 Å². The molecule has 0 spiro atoms. The molecule has 4 heterocycles. The van der Waals surface area contributed by atoms with Gasteiger partial charge in [0.25, 0.3) is 0 Å². The molecular weight excluding hydrogens is 551 g/mol. The van der Waals surface area contributed by atoms with Crippen LogP contribution in [-0.2, 0) is 9.53 Å². The van der Waals surface area contributed by atoms with E-state index < -0.39 is 24.5 Å². The Bertz CT molecular complexity index is 1650. The third-order valence-electron chi connectivity index (χ3n) is 9.01. The van der Waals surface area contributed by atoms with Gasteiger partial charge in [0, 0.05) is 67.5 Å². The lowest BCUT2D eigenvalue weighted by atomic mass is 9.85. The first-order chi connectivity index (χ1) is 20.3. The molecule has 1 aromatic carbocycles. The number of carboxylic acids is 1. The molecule has 1 N–H and O–H groups in total. The topological polar surface area (TPSA) is 102 Å². The number of imidazole rings is 1. The number of methoxy groups -OCH3 is 1. The summed E-state index contributed by atoms with van der Waals surface area (Å²) in [5, 5.41) is 9.61. The van der Waals surface area contributed by atoms with Gasteiger partial charge in [0.1, 0.15) is 23.3 Å². The number of nitrogens with zero attached hydrogens (tertiary/aromatic N) is 5. The normalized spacial score (nSPS) is 24.9. The molecule has 1 saturated heterocycles. The van der Waals surface area contributed by atoms with E-state index >= 15 is 4.39 Å². The Morgan fingerprint density at radius 3 is 2.50 bits per heavy atom. The standard InChI is InChI=1S/C30H28F3N5O4/c1-41-23-8-19(18-4-2-3-5-22(18)42-29(32)33)27-26(23)36-24-9-21(31)20(14-38(24)27)17-10-34-30(35-11-17)37-12-15-6-7-16(13-37)25(15)28(39)40/h2-5,9-11,14-16,19,23,25,29H,6-8,12-13H2,1H3,(H,39,40). The minimum absolute atomic E-state index is 0.0628. The number of fused-ring (bicyclic) bond motifs is 5. The first-order valence-electron chi connectivity index (χ1n) is 13.9. The van der Waals surface area contributed by atoms with Gasteiger partial charge in [-0.2, -0.15) is 8.78 Å². The minimum Gasteiger partial charge on any atom is -0.481 e. The predicted molar refractivity (Wildman–Crippen MR) is 145 cm³/mol. The predicted octanol–water partition coefficient (Wildman–Crippen LogP) is 5.30. The van der Waals surface area contributed by atoms with E-state index in [1.54, 1.807) is 48.3 Å². The van der Waals surface area contributed by atoms with Crippen molar-refractivity contribution in [3.63, 3.8) is 0 Å². The molecule has 3 aromatic heterocycles. The molecule has 2 fully saturated rings. The fourth-order valence-electron chi connectivity index (χ4n) is 7.20.